The zero-order chi connectivity index (χ0) is 36.6. The van der Waals surface area contributed by atoms with Crippen molar-refractivity contribution in [3.63, 3.8) is 0 Å². The molecular weight excluding hydrogens is 1470 g/mol. The third-order valence-electron chi connectivity index (χ3n) is 8.00. The van der Waals surface area contributed by atoms with E-state index in [1.807, 2.05) is 0 Å². The molecule has 0 unspecified atom stereocenters. The Labute approximate surface area is 385 Å². The summed E-state index contributed by atoms with van der Waals surface area (Å²) in [5.41, 5.74) is 0. The van der Waals surface area contributed by atoms with E-state index in [9.17, 15) is 0 Å². The molecule has 6 heteroatoms. The summed E-state index contributed by atoms with van der Waals surface area (Å²) < 4.78 is 70.0. The van der Waals surface area contributed by atoms with Crippen molar-refractivity contribution in [3.8, 4) is 0 Å². The summed E-state index contributed by atoms with van der Waals surface area (Å²) in [6, 6.07) is 0. The van der Waals surface area contributed by atoms with Gasteiger partial charge in [-0.1, -0.05) is 205 Å². The minimum absolute atomic E-state index is 0. The fraction of sp³-hybridized carbons (Fsp3) is 1.00. The van der Waals surface area contributed by atoms with E-state index in [0.29, 0.717) is 0 Å². The fourth-order valence-corrected chi connectivity index (χ4v) is 2.00. The molecule has 8 aliphatic carbocycles. The predicted molar refractivity (Wildman–Crippen MR) is 203 cm³/mol. The molecule has 6 radical (unpaired) electrons. The molecule has 8 aliphatic rings. The largest absolute Gasteiger partial charge is 0.0533 e. The van der Waals surface area contributed by atoms with Crippen molar-refractivity contribution in [3.05, 3.63) is 0 Å². The number of rotatable bonds is 0. The zero-order valence-electron chi connectivity index (χ0n) is 39.3. The second-order valence-electron chi connectivity index (χ2n) is 11.3. The molecule has 0 N–H and O–H groups in total. The molecule has 8 rings (SSSR count). The quantitative estimate of drug-likeness (QED) is 0.227. The van der Waals surface area contributed by atoms with Gasteiger partial charge < -0.3 is 0 Å². The van der Waals surface area contributed by atoms with Crippen molar-refractivity contribution in [2.24, 2.45) is 0 Å². The van der Waals surface area contributed by atoms with E-state index in [1.54, 1.807) is 0 Å². The van der Waals surface area contributed by atoms with E-state index in [-0.39, 0.29) is 161 Å². The Morgan fingerprint density at radius 1 is 0.132 bits per heavy atom. The van der Waals surface area contributed by atoms with Gasteiger partial charge in [-0.25, -0.2) is 0 Å². The molecule has 0 bridgehead atoms. The van der Waals surface area contributed by atoms with Crippen LogP contribution in [0, 0.1) is 0 Å². The molecule has 0 heterocycles. The first-order chi connectivity index (χ1) is 23.0. The smallest absolute Gasteiger partial charge is 0 e. The van der Waals surface area contributed by atoms with E-state index in [1.165, 1.54) is 205 Å². The molecule has 8 fully saturated rings. The molecule has 0 spiro atoms. The van der Waals surface area contributed by atoms with Gasteiger partial charge in [0.15, 0.2) is 0 Å². The second-order valence-corrected chi connectivity index (χ2v) is 11.3. The Morgan fingerprint density at radius 2 is 0.158 bits per heavy atom. The van der Waals surface area contributed by atoms with E-state index in [0.717, 1.165) is 0 Å². The second kappa shape index (κ2) is 51.0. The molecular formula is C32H116Ta6. The third kappa shape index (κ3) is 47.4. The van der Waals surface area contributed by atoms with Gasteiger partial charge in [0.1, 0.15) is 0 Å². The molecule has 8 saturated carbocycles. The summed E-state index contributed by atoms with van der Waals surface area (Å²) in [5.74, 6) is 0. The maximum absolute atomic E-state index is 5.00. The van der Waals surface area contributed by atoms with Crippen molar-refractivity contribution in [2.45, 2.75) is 205 Å². The maximum Gasteiger partial charge on any atom is 0 e. The molecule has 0 aromatic carbocycles. The molecule has 0 atom stereocenters. The fourth-order valence-electron chi connectivity index (χ4n) is 2.00. The minimum Gasteiger partial charge on any atom is -0.0533 e. The Balaban J connectivity index is -0.00000000753. The van der Waals surface area contributed by atoms with Gasteiger partial charge in [0, 0.05) is 182 Å². The van der Waals surface area contributed by atoms with Crippen molar-refractivity contribution >= 4 is 0 Å². The Morgan fingerprint density at radius 3 is 0.158 bits per heavy atom. The SMILES string of the molecule is C1CCC1.C1CCC1.C1CCC1.C1CCC1.C1CCC1.C1CCC1.C1CCC1.C1CCC1.[3HH].[3HH].[3HH].[3HH].[3HH].[3HH].[3HH].[3HH].[3HH].[3HH].[3HH].[3HH].[3HH].[3HH].[3HH].[3HH].[3HH].[3HH].[3HH].[3H][3H].[3H][3H].[3H][3H].[3H][3H].[3H][3H].[3H][3H].[3H][3H].[Ta].[Ta].[Ta].[Ta].[Ta].[Ta]. The Bertz CT molecular complexity index is 255. The van der Waals surface area contributed by atoms with Gasteiger partial charge in [0.2, 0.25) is 0 Å². The summed E-state index contributed by atoms with van der Waals surface area (Å²) in [5, 5.41) is 0. The van der Waals surface area contributed by atoms with Crippen molar-refractivity contribution in [1.29, 1.82) is 0 Å². The summed E-state index contributed by atoms with van der Waals surface area (Å²) >= 11 is 0. The average Bonchev–Trinajstić information content (AvgIpc) is 2.84. The van der Waals surface area contributed by atoms with Crippen molar-refractivity contribution in [1.82, 2.24) is 0 Å². The number of hydrogen-bond donors (Lipinski definition) is 0. The van der Waals surface area contributed by atoms with Crippen LogP contribution in [0.4, 0.5) is 0 Å². The summed E-state index contributed by atoms with van der Waals surface area (Å²) in [7, 11) is 0. The van der Waals surface area contributed by atoms with E-state index < -0.39 is 0 Å². The predicted octanol–water partition coefficient (Wildman–Crippen LogP) is 18.9. The first kappa shape index (κ1) is 38.6. The van der Waals surface area contributed by atoms with Crippen LogP contribution >= 0.6 is 0 Å². The monoisotopic (exact) mass is 1650 g/mol. The van der Waals surface area contributed by atoms with Gasteiger partial charge in [-0.05, 0) is 0 Å². The summed E-state index contributed by atoms with van der Waals surface area (Å²) in [6.07, 6.45) is 48.0. The molecule has 0 aromatic heterocycles. The van der Waals surface area contributed by atoms with Gasteiger partial charge >= 0.3 is 0 Å². The summed E-state index contributed by atoms with van der Waals surface area (Å²) in [4.78, 5) is 0. The maximum atomic E-state index is 5.00. The van der Waals surface area contributed by atoms with Crippen LogP contribution < -0.4 is 0 Å². The van der Waals surface area contributed by atoms with Crippen LogP contribution in [0.15, 0.2) is 0 Å². The minimum atomic E-state index is 0. The normalized spacial score (nSPS) is 21.7. The van der Waals surface area contributed by atoms with Crippen LogP contribution in [-0.4, -0.2) is 0 Å². The molecule has 0 saturated heterocycles. The van der Waals surface area contributed by atoms with Crippen LogP contribution in [0.2, 0.25) is 0 Å². The Hall–Kier alpha value is 4.44. The van der Waals surface area contributed by atoms with E-state index in [4.69, 9.17) is 20.8 Å². The standard InChI is InChI=1S/8C4H8.6Ta.26H2/c8*1-2-4-3-1;;;;;;;;;;;;;;;;;;;;;;;;;;;;;;;;/h8*1-4H2;;;;;;;26*1H/i;;;;;;;;;;;;;;7*1+2T;19*1+2. The molecule has 0 aromatic rings. The van der Waals surface area contributed by atoms with Crippen LogP contribution in [-0.2, 0) is 134 Å². The molecule has 0 amide bonds. The van der Waals surface area contributed by atoms with Gasteiger partial charge in [-0.15, -0.1) is 0 Å². The zero-order valence-corrected chi connectivity index (χ0v) is 44.6. The third-order valence-corrected chi connectivity index (χ3v) is 8.00. The van der Waals surface area contributed by atoms with Crippen LogP contribution in [0.1, 0.15) is 253 Å². The van der Waals surface area contributed by atoms with Crippen LogP contribution in [0.3, 0.4) is 0 Å². The van der Waals surface area contributed by atoms with Gasteiger partial charge in [-0.2, -0.15) is 0 Å². The van der Waals surface area contributed by atoms with Gasteiger partial charge in [0.25, 0.3) is 0 Å². The first-order valence-corrected chi connectivity index (χ1v) is 16.0. The van der Waals surface area contributed by atoms with Gasteiger partial charge in [-0.3, -0.25) is 0 Å². The molecule has 0 aliphatic heterocycles. The molecule has 0 nitrogen and oxygen atoms in total. The molecule has 274 valence electrons. The number of hydrogen-bond acceptors (Lipinski definition) is 0. The van der Waals surface area contributed by atoms with Crippen molar-refractivity contribution < 1.29 is 182 Å². The van der Waals surface area contributed by atoms with Gasteiger partial charge in [0.05, 0.1) is 0 Å². The average molecular weight is 1650 g/mol. The molecule has 38 heavy (non-hydrogen) atoms. The Kier molecular flexibility index (Phi) is 51.9. The summed E-state index contributed by atoms with van der Waals surface area (Å²) in [6.45, 7) is 0. The van der Waals surface area contributed by atoms with E-state index in [2.05, 4.69) is 0 Å². The van der Waals surface area contributed by atoms with E-state index >= 15 is 0 Å². The topological polar surface area (TPSA) is 0 Å². The van der Waals surface area contributed by atoms with Crippen molar-refractivity contribution in [2.75, 3.05) is 0 Å². The first-order valence-electron chi connectivity index (χ1n) is 23.0. The van der Waals surface area contributed by atoms with Crippen LogP contribution in [0.25, 0.3) is 0 Å². The van der Waals surface area contributed by atoms with Crippen LogP contribution in [0.5, 0.6) is 0 Å².